The quantitative estimate of drug-likeness (QED) is 0.452. The van der Waals surface area contributed by atoms with Crippen molar-refractivity contribution in [1.82, 2.24) is 14.6 Å². The summed E-state index contributed by atoms with van der Waals surface area (Å²) in [7, 11) is -3.91. The van der Waals surface area contributed by atoms with Gasteiger partial charge < -0.3 is 9.73 Å². The van der Waals surface area contributed by atoms with E-state index < -0.39 is 27.9 Å². The molecule has 1 amide bonds. The van der Waals surface area contributed by atoms with Gasteiger partial charge in [-0.2, -0.15) is 4.31 Å². The van der Waals surface area contributed by atoms with Crippen LogP contribution in [0.4, 0.5) is 0 Å². The molecule has 2 atom stereocenters. The van der Waals surface area contributed by atoms with Crippen LogP contribution in [0.15, 0.2) is 64.2 Å². The highest BCUT2D eigenvalue weighted by Gasteiger charge is 2.35. The SMILES string of the molecule is CC(C)C[C@H](NC(=O)c1cc2ccccc2o1)C(=O)C[C@H]1CCCN(S(=O)(=O)c2ccccn2)CC1=O. The topological polar surface area (TPSA) is 127 Å². The van der Waals surface area contributed by atoms with Crippen LogP contribution in [0.1, 0.15) is 50.1 Å². The van der Waals surface area contributed by atoms with Gasteiger partial charge in [0.2, 0.25) is 0 Å². The van der Waals surface area contributed by atoms with Crippen LogP contribution >= 0.6 is 0 Å². The maximum atomic E-state index is 13.3. The Bertz CT molecular complexity index is 1350. The predicted octanol–water partition coefficient (Wildman–Crippen LogP) is 3.60. The molecule has 4 rings (SSSR count). The summed E-state index contributed by atoms with van der Waals surface area (Å²) in [6.45, 7) is 3.76. The predicted molar refractivity (Wildman–Crippen MR) is 137 cm³/mol. The number of amides is 1. The first-order valence-electron chi connectivity index (χ1n) is 12.4. The fourth-order valence-corrected chi connectivity index (χ4v) is 5.94. The van der Waals surface area contributed by atoms with E-state index in [4.69, 9.17) is 4.42 Å². The summed E-state index contributed by atoms with van der Waals surface area (Å²) in [5, 5.41) is 3.47. The molecular weight excluding hydrogens is 494 g/mol. The Labute approximate surface area is 216 Å². The molecule has 37 heavy (non-hydrogen) atoms. The largest absolute Gasteiger partial charge is 0.451 e. The first-order valence-corrected chi connectivity index (χ1v) is 13.8. The van der Waals surface area contributed by atoms with Crippen molar-refractivity contribution in [2.45, 2.75) is 50.6 Å². The summed E-state index contributed by atoms with van der Waals surface area (Å²) >= 11 is 0. The number of sulfonamides is 1. The number of carbonyl (C=O) groups is 3. The van der Waals surface area contributed by atoms with E-state index in [1.807, 2.05) is 32.0 Å². The minimum atomic E-state index is -3.91. The zero-order chi connectivity index (χ0) is 26.6. The van der Waals surface area contributed by atoms with Gasteiger partial charge in [0.1, 0.15) is 5.58 Å². The van der Waals surface area contributed by atoms with Crippen LogP contribution < -0.4 is 5.32 Å². The lowest BCUT2D eigenvalue weighted by Gasteiger charge is -2.22. The summed E-state index contributed by atoms with van der Waals surface area (Å²) in [6, 6.07) is 12.7. The maximum Gasteiger partial charge on any atom is 0.287 e. The molecule has 9 nitrogen and oxygen atoms in total. The van der Waals surface area contributed by atoms with E-state index in [0.29, 0.717) is 24.8 Å². The molecule has 1 aliphatic heterocycles. The second kappa shape index (κ2) is 11.4. The highest BCUT2D eigenvalue weighted by Crippen LogP contribution is 2.24. The van der Waals surface area contributed by atoms with Crippen LogP contribution in [0.3, 0.4) is 0 Å². The van der Waals surface area contributed by atoms with Gasteiger partial charge in [-0.1, -0.05) is 38.1 Å². The number of rotatable bonds is 9. The van der Waals surface area contributed by atoms with Crippen LogP contribution in [-0.2, 0) is 19.6 Å². The van der Waals surface area contributed by atoms with Crippen molar-refractivity contribution in [3.8, 4) is 0 Å². The van der Waals surface area contributed by atoms with E-state index in [0.717, 1.165) is 9.69 Å². The summed E-state index contributed by atoms with van der Waals surface area (Å²) < 4.78 is 32.7. The number of Topliss-reactive ketones (excluding diaryl/α,β-unsaturated/α-hetero) is 2. The third-order valence-corrected chi connectivity index (χ3v) is 8.25. The Kier molecular flexibility index (Phi) is 8.19. The standard InChI is InChI=1S/C27H31N3O6S/c1-18(2)14-21(29-27(33)25-16-20-8-3-4-10-24(20)36-25)22(31)15-19-9-7-13-30(17-23(19)32)37(34,35)26-11-5-6-12-28-26/h3-6,8,10-12,16,18-19,21H,7,9,13-15,17H2,1-2H3,(H,29,33)/t19-,21+/m1/s1. The molecule has 0 spiro atoms. The number of hydrogen-bond donors (Lipinski definition) is 1. The summed E-state index contributed by atoms with van der Waals surface area (Å²) in [6.07, 6.45) is 2.57. The van der Waals surface area contributed by atoms with Gasteiger partial charge in [0, 0.05) is 30.5 Å². The molecule has 3 aromatic rings. The fourth-order valence-electron chi connectivity index (χ4n) is 4.56. The average Bonchev–Trinajstić information content (AvgIpc) is 3.23. The Morgan fingerprint density at radius 2 is 1.92 bits per heavy atom. The van der Waals surface area contributed by atoms with E-state index in [1.54, 1.807) is 24.3 Å². The first-order chi connectivity index (χ1) is 17.6. The number of pyridine rings is 1. The number of aromatic nitrogens is 1. The number of benzene rings is 1. The molecule has 1 N–H and O–H groups in total. The number of fused-ring (bicyclic) bond motifs is 1. The zero-order valence-electron chi connectivity index (χ0n) is 20.9. The molecule has 1 fully saturated rings. The molecule has 2 aromatic heterocycles. The number of hydrogen-bond acceptors (Lipinski definition) is 7. The lowest BCUT2D eigenvalue weighted by atomic mass is 9.89. The van der Waals surface area contributed by atoms with E-state index in [9.17, 15) is 22.8 Å². The highest BCUT2D eigenvalue weighted by molar-refractivity contribution is 7.89. The van der Waals surface area contributed by atoms with E-state index >= 15 is 0 Å². The molecule has 0 unspecified atom stereocenters. The van der Waals surface area contributed by atoms with Crippen LogP contribution in [-0.4, -0.2) is 54.3 Å². The molecule has 3 heterocycles. The number of para-hydroxylation sites is 1. The Morgan fingerprint density at radius 3 is 2.62 bits per heavy atom. The number of nitrogens with zero attached hydrogens (tertiary/aromatic N) is 2. The Morgan fingerprint density at radius 1 is 1.16 bits per heavy atom. The minimum Gasteiger partial charge on any atom is -0.451 e. The molecule has 0 aliphatic carbocycles. The molecule has 1 saturated heterocycles. The van der Waals surface area contributed by atoms with Gasteiger partial charge >= 0.3 is 0 Å². The number of furan rings is 1. The molecule has 0 bridgehead atoms. The van der Waals surface area contributed by atoms with Crippen molar-refractivity contribution in [2.75, 3.05) is 13.1 Å². The zero-order valence-corrected chi connectivity index (χ0v) is 21.7. The molecule has 1 aliphatic rings. The monoisotopic (exact) mass is 525 g/mol. The van der Waals surface area contributed by atoms with Crippen molar-refractivity contribution < 1.29 is 27.2 Å². The number of carbonyl (C=O) groups excluding carboxylic acids is 3. The normalized spacial score (nSPS) is 18.0. The van der Waals surface area contributed by atoms with Gasteiger partial charge in [-0.15, -0.1) is 0 Å². The molecule has 0 radical (unpaired) electrons. The third-order valence-electron chi connectivity index (χ3n) is 6.49. The van der Waals surface area contributed by atoms with E-state index in [-0.39, 0.29) is 47.8 Å². The van der Waals surface area contributed by atoms with Gasteiger partial charge in [-0.3, -0.25) is 14.4 Å². The molecule has 1 aromatic carbocycles. The summed E-state index contributed by atoms with van der Waals surface area (Å²) in [4.78, 5) is 43.2. The number of ketones is 2. The van der Waals surface area contributed by atoms with Crippen molar-refractivity contribution in [3.63, 3.8) is 0 Å². The first kappa shape index (κ1) is 26.7. The maximum absolute atomic E-state index is 13.3. The molecular formula is C27H31N3O6S. The third kappa shape index (κ3) is 6.31. The van der Waals surface area contributed by atoms with Gasteiger partial charge in [0.25, 0.3) is 15.9 Å². The highest BCUT2D eigenvalue weighted by atomic mass is 32.2. The molecule has 0 saturated carbocycles. The average molecular weight is 526 g/mol. The van der Waals surface area contributed by atoms with Crippen LogP contribution in [0.5, 0.6) is 0 Å². The van der Waals surface area contributed by atoms with E-state index in [2.05, 4.69) is 10.3 Å². The second-order valence-electron chi connectivity index (χ2n) is 9.79. The summed E-state index contributed by atoms with van der Waals surface area (Å²) in [5.41, 5.74) is 0.577. The van der Waals surface area contributed by atoms with Crippen LogP contribution in [0.2, 0.25) is 0 Å². The fraction of sp³-hybridized carbons (Fsp3) is 0.407. The molecule has 10 heteroatoms. The van der Waals surface area contributed by atoms with Crippen molar-refractivity contribution in [3.05, 3.63) is 60.5 Å². The Hall–Kier alpha value is -3.37. The minimum absolute atomic E-state index is 0.0614. The van der Waals surface area contributed by atoms with Gasteiger partial charge in [-0.05, 0) is 49.4 Å². The van der Waals surface area contributed by atoms with Crippen molar-refractivity contribution >= 4 is 38.5 Å². The lowest BCUT2D eigenvalue weighted by molar-refractivity contribution is -0.128. The molecule has 196 valence electrons. The van der Waals surface area contributed by atoms with Crippen LogP contribution in [0, 0.1) is 11.8 Å². The van der Waals surface area contributed by atoms with Gasteiger partial charge in [0.05, 0.1) is 12.6 Å². The van der Waals surface area contributed by atoms with Crippen molar-refractivity contribution in [2.24, 2.45) is 11.8 Å². The second-order valence-corrected chi connectivity index (χ2v) is 11.7. The van der Waals surface area contributed by atoms with Gasteiger partial charge in [-0.25, -0.2) is 13.4 Å². The smallest absolute Gasteiger partial charge is 0.287 e. The summed E-state index contributed by atoms with van der Waals surface area (Å²) in [5.74, 6) is -1.43. The van der Waals surface area contributed by atoms with E-state index in [1.165, 1.54) is 12.3 Å². The van der Waals surface area contributed by atoms with Gasteiger partial charge in [0.15, 0.2) is 22.4 Å². The Balaban J connectivity index is 1.44. The number of nitrogens with one attached hydrogen (secondary N) is 1. The van der Waals surface area contributed by atoms with Crippen LogP contribution in [0.25, 0.3) is 11.0 Å². The lowest BCUT2D eigenvalue weighted by Crippen LogP contribution is -2.43. The van der Waals surface area contributed by atoms with Crippen molar-refractivity contribution in [1.29, 1.82) is 0 Å².